The SMILES string of the molecule is COn1cc(-c2ccccc2)c2cccc(C)c21. The Balaban J connectivity index is 2.35. The number of aryl methyl sites for hydroxylation is 1. The summed E-state index contributed by atoms with van der Waals surface area (Å²) in [6.07, 6.45) is 2.05. The van der Waals surface area contributed by atoms with Crippen molar-refractivity contribution in [2.75, 3.05) is 7.11 Å². The molecule has 0 N–H and O–H groups in total. The summed E-state index contributed by atoms with van der Waals surface area (Å²) in [5, 5.41) is 1.23. The summed E-state index contributed by atoms with van der Waals surface area (Å²) >= 11 is 0. The van der Waals surface area contributed by atoms with Gasteiger partial charge in [-0.2, -0.15) is 4.73 Å². The van der Waals surface area contributed by atoms with E-state index < -0.39 is 0 Å². The number of para-hydroxylation sites is 1. The minimum absolute atomic E-state index is 1.14. The fourth-order valence-corrected chi connectivity index (χ4v) is 2.41. The summed E-state index contributed by atoms with van der Waals surface area (Å²) in [6.45, 7) is 2.10. The Labute approximate surface area is 106 Å². The van der Waals surface area contributed by atoms with Crippen LogP contribution < -0.4 is 4.84 Å². The average Bonchev–Trinajstić information content (AvgIpc) is 2.80. The Morgan fingerprint density at radius 1 is 0.944 bits per heavy atom. The molecule has 2 heteroatoms. The van der Waals surface area contributed by atoms with Gasteiger partial charge in [0.25, 0.3) is 0 Å². The van der Waals surface area contributed by atoms with E-state index >= 15 is 0 Å². The smallest absolute Gasteiger partial charge is 0.104 e. The van der Waals surface area contributed by atoms with Crippen molar-refractivity contribution in [1.82, 2.24) is 4.73 Å². The van der Waals surface area contributed by atoms with Crippen LogP contribution in [0.25, 0.3) is 22.0 Å². The Hall–Kier alpha value is -2.22. The van der Waals surface area contributed by atoms with Gasteiger partial charge in [-0.05, 0) is 18.1 Å². The van der Waals surface area contributed by atoms with E-state index in [0.717, 1.165) is 5.52 Å². The van der Waals surface area contributed by atoms with Crippen LogP contribution in [0.15, 0.2) is 54.7 Å². The second-order valence-corrected chi connectivity index (χ2v) is 4.39. The highest BCUT2D eigenvalue weighted by Crippen LogP contribution is 2.31. The maximum atomic E-state index is 5.43. The maximum absolute atomic E-state index is 5.43. The molecule has 0 aliphatic carbocycles. The highest BCUT2D eigenvalue weighted by Gasteiger charge is 2.11. The van der Waals surface area contributed by atoms with E-state index in [1.807, 2.05) is 17.0 Å². The minimum Gasteiger partial charge on any atom is -0.417 e. The summed E-state index contributed by atoms with van der Waals surface area (Å²) in [4.78, 5) is 5.43. The summed E-state index contributed by atoms with van der Waals surface area (Å²) < 4.78 is 1.84. The lowest BCUT2D eigenvalue weighted by Gasteiger charge is -2.03. The van der Waals surface area contributed by atoms with Crippen molar-refractivity contribution in [3.8, 4) is 11.1 Å². The van der Waals surface area contributed by atoms with Crippen molar-refractivity contribution in [3.63, 3.8) is 0 Å². The van der Waals surface area contributed by atoms with Gasteiger partial charge in [0.15, 0.2) is 0 Å². The van der Waals surface area contributed by atoms with Gasteiger partial charge in [0, 0.05) is 10.9 Å². The standard InChI is InChI=1S/C16H15NO/c1-12-7-6-10-14-15(11-17(18-2)16(12)14)13-8-4-3-5-9-13/h3-11H,1-2H3. The monoisotopic (exact) mass is 237 g/mol. The Morgan fingerprint density at radius 3 is 2.44 bits per heavy atom. The largest absolute Gasteiger partial charge is 0.417 e. The molecule has 1 heterocycles. The van der Waals surface area contributed by atoms with Crippen LogP contribution in [0.1, 0.15) is 5.56 Å². The van der Waals surface area contributed by atoms with Crippen LogP contribution in [-0.2, 0) is 0 Å². The molecule has 0 aliphatic rings. The molecule has 18 heavy (non-hydrogen) atoms. The van der Waals surface area contributed by atoms with Crippen molar-refractivity contribution in [3.05, 3.63) is 60.3 Å². The fourth-order valence-electron chi connectivity index (χ4n) is 2.41. The fraction of sp³-hybridized carbons (Fsp3) is 0.125. The predicted octanol–water partition coefficient (Wildman–Crippen LogP) is 3.68. The molecule has 0 spiro atoms. The van der Waals surface area contributed by atoms with Crippen LogP contribution in [0.2, 0.25) is 0 Å². The molecule has 2 nitrogen and oxygen atoms in total. The number of benzene rings is 2. The lowest BCUT2D eigenvalue weighted by atomic mass is 10.0. The van der Waals surface area contributed by atoms with Crippen LogP contribution in [0.5, 0.6) is 0 Å². The third kappa shape index (κ3) is 1.58. The first-order valence-electron chi connectivity index (χ1n) is 6.02. The molecule has 0 fully saturated rings. The van der Waals surface area contributed by atoms with E-state index in [9.17, 15) is 0 Å². The molecule has 1 aromatic heterocycles. The molecule has 3 aromatic rings. The molecule has 0 bridgehead atoms. The van der Waals surface area contributed by atoms with Gasteiger partial charge < -0.3 is 4.84 Å². The van der Waals surface area contributed by atoms with Crippen molar-refractivity contribution >= 4 is 10.9 Å². The van der Waals surface area contributed by atoms with E-state index in [1.54, 1.807) is 7.11 Å². The molecule has 0 saturated heterocycles. The molecular formula is C16H15NO. The first-order valence-corrected chi connectivity index (χ1v) is 6.02. The molecule has 0 aliphatic heterocycles. The zero-order chi connectivity index (χ0) is 12.5. The van der Waals surface area contributed by atoms with E-state index in [4.69, 9.17) is 4.84 Å². The average molecular weight is 237 g/mol. The third-order valence-corrected chi connectivity index (χ3v) is 3.28. The molecule has 0 unspecified atom stereocenters. The molecule has 0 saturated carbocycles. The highest BCUT2D eigenvalue weighted by molar-refractivity contribution is 5.97. The zero-order valence-electron chi connectivity index (χ0n) is 10.6. The second-order valence-electron chi connectivity index (χ2n) is 4.39. The number of nitrogens with zero attached hydrogens (tertiary/aromatic N) is 1. The minimum atomic E-state index is 1.14. The van der Waals surface area contributed by atoms with Crippen LogP contribution in [0.3, 0.4) is 0 Å². The Morgan fingerprint density at radius 2 is 1.72 bits per heavy atom. The first-order chi connectivity index (χ1) is 8.81. The normalized spacial score (nSPS) is 10.8. The van der Waals surface area contributed by atoms with Gasteiger partial charge in [0.2, 0.25) is 0 Å². The van der Waals surface area contributed by atoms with Gasteiger partial charge in [0.05, 0.1) is 11.7 Å². The van der Waals surface area contributed by atoms with Crippen molar-refractivity contribution in [2.24, 2.45) is 0 Å². The zero-order valence-corrected chi connectivity index (χ0v) is 10.6. The maximum Gasteiger partial charge on any atom is 0.104 e. The number of hydrogen-bond acceptors (Lipinski definition) is 1. The van der Waals surface area contributed by atoms with Crippen molar-refractivity contribution in [1.29, 1.82) is 0 Å². The molecule has 0 radical (unpaired) electrons. The highest BCUT2D eigenvalue weighted by atomic mass is 16.6. The van der Waals surface area contributed by atoms with Gasteiger partial charge in [-0.15, -0.1) is 0 Å². The summed E-state index contributed by atoms with van der Waals surface area (Å²) in [5.41, 5.74) is 4.77. The van der Waals surface area contributed by atoms with E-state index in [0.29, 0.717) is 0 Å². The van der Waals surface area contributed by atoms with E-state index in [-0.39, 0.29) is 0 Å². The van der Waals surface area contributed by atoms with E-state index in [2.05, 4.69) is 49.4 Å². The van der Waals surface area contributed by atoms with Crippen molar-refractivity contribution in [2.45, 2.75) is 6.92 Å². The molecule has 2 aromatic carbocycles. The summed E-state index contributed by atoms with van der Waals surface area (Å²) in [5.74, 6) is 0. The van der Waals surface area contributed by atoms with Gasteiger partial charge in [-0.25, -0.2) is 0 Å². The summed E-state index contributed by atoms with van der Waals surface area (Å²) in [7, 11) is 1.70. The van der Waals surface area contributed by atoms with Crippen molar-refractivity contribution < 1.29 is 4.84 Å². The van der Waals surface area contributed by atoms with Gasteiger partial charge >= 0.3 is 0 Å². The van der Waals surface area contributed by atoms with Gasteiger partial charge in [-0.3, -0.25) is 0 Å². The van der Waals surface area contributed by atoms with Gasteiger partial charge in [0.1, 0.15) is 7.11 Å². The third-order valence-electron chi connectivity index (χ3n) is 3.28. The Kier molecular flexibility index (Phi) is 2.56. The number of hydrogen-bond donors (Lipinski definition) is 0. The Bertz CT molecular complexity index is 683. The number of fused-ring (bicyclic) bond motifs is 1. The van der Waals surface area contributed by atoms with Crippen LogP contribution in [0, 0.1) is 6.92 Å². The number of aromatic nitrogens is 1. The molecule has 0 atom stereocenters. The quantitative estimate of drug-likeness (QED) is 0.663. The summed E-state index contributed by atoms with van der Waals surface area (Å²) in [6, 6.07) is 16.7. The van der Waals surface area contributed by atoms with E-state index in [1.165, 1.54) is 22.1 Å². The van der Waals surface area contributed by atoms with Crippen LogP contribution >= 0.6 is 0 Å². The molecule has 90 valence electrons. The van der Waals surface area contributed by atoms with Crippen LogP contribution in [0.4, 0.5) is 0 Å². The molecule has 3 rings (SSSR count). The molecular weight excluding hydrogens is 222 g/mol. The lowest BCUT2D eigenvalue weighted by Crippen LogP contribution is -2.03. The second kappa shape index (κ2) is 4.22. The topological polar surface area (TPSA) is 14.2 Å². The lowest BCUT2D eigenvalue weighted by molar-refractivity contribution is 0.179. The van der Waals surface area contributed by atoms with Crippen LogP contribution in [-0.4, -0.2) is 11.8 Å². The first kappa shape index (κ1) is 10.9. The molecule has 0 amide bonds. The predicted molar refractivity (Wildman–Crippen MR) is 74.6 cm³/mol. The number of rotatable bonds is 2. The van der Waals surface area contributed by atoms with Gasteiger partial charge in [-0.1, -0.05) is 48.5 Å².